The predicted molar refractivity (Wildman–Crippen MR) is 50.6 cm³/mol. The molecule has 1 heterocycles. The van der Waals surface area contributed by atoms with Crippen LogP contribution in [0.4, 0.5) is 18.9 Å². The third kappa shape index (κ3) is 3.43. The highest BCUT2D eigenvalue weighted by atomic mass is 32.1. The van der Waals surface area contributed by atoms with Crippen molar-refractivity contribution in [1.82, 2.24) is 0 Å². The molecule has 1 aromatic heterocycles. The molecule has 0 aliphatic carbocycles. The summed E-state index contributed by atoms with van der Waals surface area (Å²) in [6, 6.07) is 1.22. The van der Waals surface area contributed by atoms with Crippen LogP contribution in [0.1, 0.15) is 9.67 Å². The van der Waals surface area contributed by atoms with Crippen molar-refractivity contribution in [3.63, 3.8) is 0 Å². The highest BCUT2D eigenvalue weighted by Crippen LogP contribution is 2.25. The van der Waals surface area contributed by atoms with Crippen LogP contribution in [0.5, 0.6) is 0 Å². The van der Waals surface area contributed by atoms with Gasteiger partial charge in [-0.1, -0.05) is 0 Å². The maximum atomic E-state index is 12.0. The summed E-state index contributed by atoms with van der Waals surface area (Å²) < 4.78 is 36.0. The molecule has 0 unspecified atom stereocenters. The van der Waals surface area contributed by atoms with Gasteiger partial charge in [-0.2, -0.15) is 13.2 Å². The van der Waals surface area contributed by atoms with Crippen LogP contribution in [0, 0.1) is 0 Å². The highest BCUT2D eigenvalue weighted by molar-refractivity contribution is 7.12. The fourth-order valence-corrected chi connectivity index (χ4v) is 1.78. The molecule has 15 heavy (non-hydrogen) atoms. The van der Waals surface area contributed by atoms with Gasteiger partial charge >= 0.3 is 12.1 Å². The summed E-state index contributed by atoms with van der Waals surface area (Å²) in [4.78, 5) is 11.5. The van der Waals surface area contributed by atoms with E-state index in [2.05, 4.69) is 0 Å². The zero-order valence-electron chi connectivity index (χ0n) is 7.71. The van der Waals surface area contributed by atoms with Crippen molar-refractivity contribution in [2.24, 2.45) is 0 Å². The highest BCUT2D eigenvalue weighted by Gasteiger charge is 2.29. The molecule has 0 aliphatic heterocycles. The molecule has 84 valence electrons. The standard InChI is InChI=1S/C8H8F3NO2S/c1-12(4-8(9,10)11)5-2-6(7(13)14)15-3-5/h2-3H,4H2,1H3,(H,13,14). The van der Waals surface area contributed by atoms with Gasteiger partial charge < -0.3 is 10.0 Å². The minimum absolute atomic E-state index is 0.0269. The SMILES string of the molecule is CN(CC(F)(F)F)c1csc(C(=O)O)c1. The first-order chi connectivity index (χ1) is 6.79. The van der Waals surface area contributed by atoms with Gasteiger partial charge in [0.2, 0.25) is 0 Å². The maximum absolute atomic E-state index is 12.0. The second kappa shape index (κ2) is 4.09. The van der Waals surface area contributed by atoms with Crippen LogP contribution >= 0.6 is 11.3 Å². The number of anilines is 1. The summed E-state index contributed by atoms with van der Waals surface area (Å²) in [6.45, 7) is -1.09. The maximum Gasteiger partial charge on any atom is 0.405 e. The van der Waals surface area contributed by atoms with Crippen molar-refractivity contribution in [3.05, 3.63) is 16.3 Å². The van der Waals surface area contributed by atoms with E-state index in [1.165, 1.54) is 18.5 Å². The molecule has 1 N–H and O–H groups in total. The van der Waals surface area contributed by atoms with Gasteiger partial charge in [-0.25, -0.2) is 4.79 Å². The van der Waals surface area contributed by atoms with Gasteiger partial charge in [-0.05, 0) is 6.07 Å². The molecule has 0 aliphatic rings. The lowest BCUT2D eigenvalue weighted by Gasteiger charge is -2.18. The van der Waals surface area contributed by atoms with Crippen molar-refractivity contribution in [1.29, 1.82) is 0 Å². The number of halogens is 3. The van der Waals surface area contributed by atoms with Crippen molar-refractivity contribution >= 4 is 23.0 Å². The van der Waals surface area contributed by atoms with Gasteiger partial charge in [0.1, 0.15) is 11.4 Å². The van der Waals surface area contributed by atoms with Gasteiger partial charge in [-0.15, -0.1) is 11.3 Å². The smallest absolute Gasteiger partial charge is 0.405 e. The quantitative estimate of drug-likeness (QED) is 0.880. The number of thiophene rings is 1. The Hall–Kier alpha value is -1.24. The summed E-state index contributed by atoms with van der Waals surface area (Å²) >= 11 is 0.903. The Morgan fingerprint density at radius 1 is 1.60 bits per heavy atom. The number of carbonyl (C=O) groups is 1. The molecule has 3 nitrogen and oxygen atoms in total. The third-order valence-electron chi connectivity index (χ3n) is 1.65. The molecule has 0 saturated carbocycles. The molecule has 1 rings (SSSR count). The number of aromatic carboxylic acids is 1. The van der Waals surface area contributed by atoms with Crippen molar-refractivity contribution in [2.75, 3.05) is 18.5 Å². The topological polar surface area (TPSA) is 40.5 Å². The van der Waals surface area contributed by atoms with E-state index < -0.39 is 18.7 Å². The first-order valence-corrected chi connectivity index (χ1v) is 4.77. The Kier molecular flexibility index (Phi) is 3.23. The molecule has 0 aromatic carbocycles. The Bertz CT molecular complexity index is 361. The van der Waals surface area contributed by atoms with E-state index in [9.17, 15) is 18.0 Å². The largest absolute Gasteiger partial charge is 0.477 e. The average Bonchev–Trinajstić information content (AvgIpc) is 2.47. The lowest BCUT2D eigenvalue weighted by Crippen LogP contribution is -2.30. The second-order valence-electron chi connectivity index (χ2n) is 2.95. The molecule has 7 heteroatoms. The molecule has 0 bridgehead atoms. The number of carboxylic acids is 1. The van der Waals surface area contributed by atoms with Crippen LogP contribution in [0.2, 0.25) is 0 Å². The summed E-state index contributed by atoms with van der Waals surface area (Å²) in [5.74, 6) is -1.13. The molecule has 1 aromatic rings. The van der Waals surface area contributed by atoms with Crippen LogP contribution < -0.4 is 4.90 Å². The molecule has 0 atom stereocenters. The number of carboxylic acid groups (broad SMARTS) is 1. The van der Waals surface area contributed by atoms with Crippen molar-refractivity contribution in [3.8, 4) is 0 Å². The number of hydrogen-bond acceptors (Lipinski definition) is 3. The molecular formula is C8H8F3NO2S. The van der Waals surface area contributed by atoms with Crippen LogP contribution in [-0.4, -0.2) is 30.8 Å². The molecule has 0 amide bonds. The Labute approximate surface area is 87.7 Å². The zero-order valence-corrected chi connectivity index (χ0v) is 8.52. The number of nitrogens with zero attached hydrogens (tertiary/aromatic N) is 1. The van der Waals surface area contributed by atoms with Crippen LogP contribution in [-0.2, 0) is 0 Å². The second-order valence-corrected chi connectivity index (χ2v) is 3.86. The summed E-state index contributed by atoms with van der Waals surface area (Å²) in [5, 5.41) is 9.97. The summed E-state index contributed by atoms with van der Waals surface area (Å²) in [7, 11) is 1.27. The summed E-state index contributed by atoms with van der Waals surface area (Å²) in [6.07, 6.45) is -4.29. The Morgan fingerprint density at radius 3 is 2.60 bits per heavy atom. The van der Waals surface area contributed by atoms with Crippen LogP contribution in [0.25, 0.3) is 0 Å². The fourth-order valence-electron chi connectivity index (χ4n) is 0.999. The van der Waals surface area contributed by atoms with Gasteiger partial charge in [0, 0.05) is 18.1 Å². The predicted octanol–water partition coefficient (Wildman–Crippen LogP) is 2.44. The van der Waals surface area contributed by atoms with E-state index in [-0.39, 0.29) is 10.6 Å². The van der Waals surface area contributed by atoms with E-state index >= 15 is 0 Å². The van der Waals surface area contributed by atoms with Gasteiger partial charge in [0.25, 0.3) is 0 Å². The molecule has 0 radical (unpaired) electrons. The summed E-state index contributed by atoms with van der Waals surface area (Å²) in [5.41, 5.74) is 0.259. The first kappa shape index (κ1) is 11.8. The van der Waals surface area contributed by atoms with Crippen LogP contribution in [0.3, 0.4) is 0 Å². The molecular weight excluding hydrogens is 231 g/mol. The minimum Gasteiger partial charge on any atom is -0.477 e. The fraction of sp³-hybridized carbons (Fsp3) is 0.375. The van der Waals surface area contributed by atoms with E-state index in [1.807, 2.05) is 0 Å². The molecule has 0 saturated heterocycles. The normalized spacial score (nSPS) is 11.5. The molecule has 0 spiro atoms. The van der Waals surface area contributed by atoms with E-state index in [0.717, 1.165) is 16.2 Å². The lowest BCUT2D eigenvalue weighted by atomic mass is 10.4. The third-order valence-corrected chi connectivity index (χ3v) is 2.56. The number of rotatable bonds is 3. The van der Waals surface area contributed by atoms with E-state index in [0.29, 0.717) is 0 Å². The van der Waals surface area contributed by atoms with E-state index in [1.54, 1.807) is 0 Å². The number of hydrogen-bond donors (Lipinski definition) is 1. The van der Waals surface area contributed by atoms with Crippen molar-refractivity contribution in [2.45, 2.75) is 6.18 Å². The van der Waals surface area contributed by atoms with E-state index in [4.69, 9.17) is 5.11 Å². The number of alkyl halides is 3. The minimum atomic E-state index is -4.29. The van der Waals surface area contributed by atoms with Crippen LogP contribution in [0.15, 0.2) is 11.4 Å². The monoisotopic (exact) mass is 239 g/mol. The zero-order chi connectivity index (χ0) is 11.6. The lowest BCUT2D eigenvalue weighted by molar-refractivity contribution is -0.119. The van der Waals surface area contributed by atoms with Crippen molar-refractivity contribution < 1.29 is 23.1 Å². The van der Waals surface area contributed by atoms with Gasteiger partial charge in [0.15, 0.2) is 0 Å². The van der Waals surface area contributed by atoms with Gasteiger partial charge in [0.05, 0.1) is 0 Å². The first-order valence-electron chi connectivity index (χ1n) is 3.89. The average molecular weight is 239 g/mol. The molecule has 0 fully saturated rings. The Balaban J connectivity index is 2.74. The van der Waals surface area contributed by atoms with Gasteiger partial charge in [-0.3, -0.25) is 0 Å². The Morgan fingerprint density at radius 2 is 2.20 bits per heavy atom.